The Hall–Kier alpha value is -1.81. The monoisotopic (exact) mass is 261 g/mol. The van der Waals surface area contributed by atoms with Gasteiger partial charge in [-0.25, -0.2) is 4.98 Å². The van der Waals surface area contributed by atoms with Crippen LogP contribution in [0.5, 0.6) is 0 Å². The van der Waals surface area contributed by atoms with Gasteiger partial charge in [0.2, 0.25) is 5.95 Å². The van der Waals surface area contributed by atoms with Crippen LogP contribution in [0, 0.1) is 0 Å². The van der Waals surface area contributed by atoms with Gasteiger partial charge in [-0.3, -0.25) is 9.36 Å². The van der Waals surface area contributed by atoms with Crippen molar-refractivity contribution < 1.29 is 0 Å². The molecule has 0 spiro atoms. The Morgan fingerprint density at radius 1 is 1.44 bits per heavy atom. The highest BCUT2D eigenvalue weighted by Crippen LogP contribution is 2.21. The minimum Gasteiger partial charge on any atom is -0.337 e. The fourth-order valence-electron chi connectivity index (χ4n) is 2.27. The molecule has 0 saturated heterocycles. The van der Waals surface area contributed by atoms with Gasteiger partial charge in [0.25, 0.3) is 5.56 Å². The number of nitrogens with zero attached hydrogens (tertiary/aromatic N) is 3. The Balaban J connectivity index is 2.27. The van der Waals surface area contributed by atoms with Gasteiger partial charge in [-0.15, -0.1) is 6.58 Å². The van der Waals surface area contributed by atoms with E-state index < -0.39 is 0 Å². The average Bonchev–Trinajstić information content (AvgIpc) is 2.75. The van der Waals surface area contributed by atoms with Gasteiger partial charge >= 0.3 is 0 Å². The van der Waals surface area contributed by atoms with E-state index in [1.807, 2.05) is 11.0 Å². The summed E-state index contributed by atoms with van der Waals surface area (Å²) in [5.41, 5.74) is 0.663. The quantitative estimate of drug-likeness (QED) is 0.777. The Kier molecular flexibility index (Phi) is 2.59. The van der Waals surface area contributed by atoms with E-state index in [0.29, 0.717) is 29.0 Å². The van der Waals surface area contributed by atoms with Gasteiger partial charge in [0.05, 0.1) is 10.9 Å². The normalized spacial score (nSPS) is 13.9. The van der Waals surface area contributed by atoms with Crippen LogP contribution in [0.1, 0.15) is 0 Å². The van der Waals surface area contributed by atoms with Crippen molar-refractivity contribution >= 4 is 28.5 Å². The van der Waals surface area contributed by atoms with Gasteiger partial charge in [-0.1, -0.05) is 17.7 Å². The molecule has 3 rings (SSSR count). The highest BCUT2D eigenvalue weighted by atomic mass is 35.5. The van der Waals surface area contributed by atoms with Crippen molar-refractivity contribution in [1.82, 2.24) is 9.55 Å². The summed E-state index contributed by atoms with van der Waals surface area (Å²) in [7, 11) is 0. The van der Waals surface area contributed by atoms with E-state index in [-0.39, 0.29) is 5.56 Å². The third-order valence-corrected chi connectivity index (χ3v) is 3.36. The van der Waals surface area contributed by atoms with Crippen molar-refractivity contribution in [3.05, 3.63) is 46.2 Å². The van der Waals surface area contributed by atoms with E-state index in [2.05, 4.69) is 11.6 Å². The van der Waals surface area contributed by atoms with E-state index in [0.717, 1.165) is 12.5 Å². The van der Waals surface area contributed by atoms with Crippen LogP contribution in [0.15, 0.2) is 35.6 Å². The molecule has 0 unspecified atom stereocenters. The molecule has 0 atom stereocenters. The second-order valence-electron chi connectivity index (χ2n) is 4.26. The number of rotatable bonds is 2. The zero-order valence-electron chi connectivity index (χ0n) is 9.77. The lowest BCUT2D eigenvalue weighted by molar-refractivity contribution is 0.762. The summed E-state index contributed by atoms with van der Waals surface area (Å²) in [5, 5.41) is 1.13. The molecule has 0 amide bonds. The van der Waals surface area contributed by atoms with Gasteiger partial charge in [0.15, 0.2) is 0 Å². The molecule has 1 aromatic heterocycles. The molecule has 2 heterocycles. The van der Waals surface area contributed by atoms with Gasteiger partial charge < -0.3 is 4.90 Å². The molecule has 92 valence electrons. The SMILES string of the molecule is C=CCN1CCn2c1nc1ccc(Cl)cc1c2=O. The fourth-order valence-corrected chi connectivity index (χ4v) is 2.45. The number of halogens is 1. The van der Waals surface area contributed by atoms with E-state index in [9.17, 15) is 4.79 Å². The standard InChI is InChI=1S/C13H12ClN3O/c1-2-5-16-6-7-17-12(18)10-8-9(14)3-4-11(10)15-13(16)17/h2-4,8H,1,5-7H2. The molecular weight excluding hydrogens is 250 g/mol. The van der Waals surface area contributed by atoms with Crippen LogP contribution < -0.4 is 10.5 Å². The molecule has 1 aliphatic rings. The third-order valence-electron chi connectivity index (χ3n) is 3.12. The van der Waals surface area contributed by atoms with E-state index in [1.165, 1.54) is 0 Å². The smallest absolute Gasteiger partial charge is 0.262 e. The van der Waals surface area contributed by atoms with E-state index in [4.69, 9.17) is 11.6 Å². The first-order valence-corrected chi connectivity index (χ1v) is 6.14. The van der Waals surface area contributed by atoms with E-state index >= 15 is 0 Å². The van der Waals surface area contributed by atoms with Crippen LogP contribution in [0.4, 0.5) is 5.95 Å². The second-order valence-corrected chi connectivity index (χ2v) is 4.70. The van der Waals surface area contributed by atoms with Crippen molar-refractivity contribution in [1.29, 1.82) is 0 Å². The zero-order valence-corrected chi connectivity index (χ0v) is 10.5. The maximum Gasteiger partial charge on any atom is 0.262 e. The first-order chi connectivity index (χ1) is 8.70. The summed E-state index contributed by atoms with van der Waals surface area (Å²) in [6, 6.07) is 5.21. The first-order valence-electron chi connectivity index (χ1n) is 5.76. The molecular formula is C13H12ClN3O. The summed E-state index contributed by atoms with van der Waals surface area (Å²) >= 11 is 5.92. The summed E-state index contributed by atoms with van der Waals surface area (Å²) in [4.78, 5) is 18.9. The average molecular weight is 262 g/mol. The fraction of sp³-hybridized carbons (Fsp3) is 0.231. The predicted molar refractivity (Wildman–Crippen MR) is 73.4 cm³/mol. The van der Waals surface area contributed by atoms with Gasteiger partial charge in [-0.2, -0.15) is 0 Å². The lowest BCUT2D eigenvalue weighted by atomic mass is 10.2. The van der Waals surface area contributed by atoms with Crippen LogP contribution >= 0.6 is 11.6 Å². The van der Waals surface area contributed by atoms with E-state index in [1.54, 1.807) is 22.8 Å². The topological polar surface area (TPSA) is 38.1 Å². The summed E-state index contributed by atoms with van der Waals surface area (Å²) < 4.78 is 1.70. The number of hydrogen-bond acceptors (Lipinski definition) is 3. The van der Waals surface area contributed by atoms with Gasteiger partial charge in [-0.05, 0) is 18.2 Å². The van der Waals surface area contributed by atoms with Crippen LogP contribution in [-0.2, 0) is 6.54 Å². The molecule has 0 N–H and O–H groups in total. The molecule has 0 fully saturated rings. The molecule has 4 nitrogen and oxygen atoms in total. The molecule has 18 heavy (non-hydrogen) atoms. The molecule has 2 aromatic rings. The Morgan fingerprint density at radius 2 is 2.28 bits per heavy atom. The maximum absolute atomic E-state index is 12.3. The minimum atomic E-state index is -0.0240. The lowest BCUT2D eigenvalue weighted by Gasteiger charge is -2.14. The number of fused-ring (bicyclic) bond motifs is 2. The van der Waals surface area contributed by atoms with Crippen molar-refractivity contribution in [3.63, 3.8) is 0 Å². The lowest BCUT2D eigenvalue weighted by Crippen LogP contribution is -2.23. The van der Waals surface area contributed by atoms with Crippen molar-refractivity contribution in [3.8, 4) is 0 Å². The van der Waals surface area contributed by atoms with Crippen LogP contribution in [0.25, 0.3) is 10.9 Å². The van der Waals surface area contributed by atoms with Crippen LogP contribution in [0.3, 0.4) is 0 Å². The highest BCUT2D eigenvalue weighted by Gasteiger charge is 2.22. The number of hydrogen-bond donors (Lipinski definition) is 0. The maximum atomic E-state index is 12.3. The number of anilines is 1. The molecule has 0 radical (unpaired) electrons. The Morgan fingerprint density at radius 3 is 3.06 bits per heavy atom. The van der Waals surface area contributed by atoms with Crippen LogP contribution in [0.2, 0.25) is 5.02 Å². The summed E-state index contributed by atoms with van der Waals surface area (Å²) in [6.07, 6.45) is 1.81. The highest BCUT2D eigenvalue weighted by molar-refractivity contribution is 6.31. The van der Waals surface area contributed by atoms with Crippen LogP contribution in [-0.4, -0.2) is 22.6 Å². The van der Waals surface area contributed by atoms with Crippen molar-refractivity contribution in [2.45, 2.75) is 6.54 Å². The Labute approximate surface area is 109 Å². The van der Waals surface area contributed by atoms with Gasteiger partial charge in [0.1, 0.15) is 0 Å². The first kappa shape index (κ1) is 11.3. The van der Waals surface area contributed by atoms with Crippen molar-refractivity contribution in [2.24, 2.45) is 0 Å². The predicted octanol–water partition coefficient (Wildman–Crippen LogP) is 2.06. The second kappa shape index (κ2) is 4.14. The molecule has 0 bridgehead atoms. The third kappa shape index (κ3) is 1.61. The van der Waals surface area contributed by atoms with Gasteiger partial charge in [0, 0.05) is 24.7 Å². The minimum absolute atomic E-state index is 0.0240. The van der Waals surface area contributed by atoms with Crippen molar-refractivity contribution in [2.75, 3.05) is 18.0 Å². The largest absolute Gasteiger partial charge is 0.337 e. The Bertz CT molecular complexity index is 692. The molecule has 1 aliphatic heterocycles. The zero-order chi connectivity index (χ0) is 12.7. The molecule has 5 heteroatoms. The number of benzene rings is 1. The summed E-state index contributed by atoms with van der Waals surface area (Å²) in [5.74, 6) is 0.717. The summed E-state index contributed by atoms with van der Waals surface area (Å²) in [6.45, 7) is 5.87. The number of aromatic nitrogens is 2. The molecule has 0 saturated carbocycles. The molecule has 1 aromatic carbocycles. The molecule has 0 aliphatic carbocycles.